The molecule has 2 nitrogen and oxygen atoms in total. The van der Waals surface area contributed by atoms with E-state index in [1.165, 1.54) is 0 Å². The van der Waals surface area contributed by atoms with Crippen LogP contribution in [0, 0.1) is 0 Å². The summed E-state index contributed by atoms with van der Waals surface area (Å²) < 4.78 is 11.6. The lowest BCUT2D eigenvalue weighted by Gasteiger charge is -2.37. The van der Waals surface area contributed by atoms with Crippen molar-refractivity contribution in [3.63, 3.8) is 0 Å². The Balaban J connectivity index is 2.37. The Labute approximate surface area is 144 Å². The average molecular weight is 316 g/mol. The predicted molar refractivity (Wildman–Crippen MR) is 99.0 cm³/mol. The molecule has 0 saturated heterocycles. The SMILES string of the molecule is COB(OC)C(c1ccccc1)(c1ccccc1)c1ccccc1. The van der Waals surface area contributed by atoms with Gasteiger partial charge in [-0.05, 0) is 16.7 Å². The minimum atomic E-state index is -0.548. The number of hydrogen-bond donors (Lipinski definition) is 0. The van der Waals surface area contributed by atoms with Crippen LogP contribution in [-0.2, 0) is 14.6 Å². The van der Waals surface area contributed by atoms with Crippen molar-refractivity contribution >= 4 is 7.12 Å². The van der Waals surface area contributed by atoms with Gasteiger partial charge in [0.1, 0.15) is 0 Å². The van der Waals surface area contributed by atoms with Crippen LogP contribution in [0.1, 0.15) is 16.7 Å². The van der Waals surface area contributed by atoms with E-state index in [4.69, 9.17) is 9.31 Å². The third-order valence-electron chi connectivity index (χ3n) is 4.47. The highest BCUT2D eigenvalue weighted by atomic mass is 16.6. The minimum Gasteiger partial charge on any atom is -0.413 e. The van der Waals surface area contributed by atoms with E-state index in [-0.39, 0.29) is 0 Å². The number of benzene rings is 3. The molecule has 0 unspecified atom stereocenters. The summed E-state index contributed by atoms with van der Waals surface area (Å²) in [5.74, 6) is 0. The quantitative estimate of drug-likeness (QED) is 0.497. The third kappa shape index (κ3) is 2.77. The van der Waals surface area contributed by atoms with Crippen LogP contribution in [0.2, 0.25) is 0 Å². The van der Waals surface area contributed by atoms with Gasteiger partial charge in [-0.2, -0.15) is 0 Å². The molecule has 0 fully saturated rings. The fourth-order valence-corrected chi connectivity index (χ4v) is 3.46. The summed E-state index contributed by atoms with van der Waals surface area (Å²) in [5, 5.41) is -0.548. The Morgan fingerprint density at radius 1 is 0.542 bits per heavy atom. The van der Waals surface area contributed by atoms with Crippen LogP contribution >= 0.6 is 0 Å². The molecule has 0 amide bonds. The Morgan fingerprint density at radius 2 is 0.833 bits per heavy atom. The smallest absolute Gasteiger partial charge is 0.413 e. The molecule has 0 saturated carbocycles. The van der Waals surface area contributed by atoms with Crippen LogP contribution in [0.25, 0.3) is 0 Å². The Kier molecular flexibility index (Phi) is 5.14. The van der Waals surface area contributed by atoms with E-state index >= 15 is 0 Å². The second kappa shape index (κ2) is 7.48. The third-order valence-corrected chi connectivity index (χ3v) is 4.47. The Hall–Kier alpha value is -2.36. The van der Waals surface area contributed by atoms with Gasteiger partial charge in [-0.1, -0.05) is 91.0 Å². The standard InChI is InChI=1S/C21H21BO2/c1-23-22(24-2)21(18-12-6-3-7-13-18,19-14-8-4-9-15-19)20-16-10-5-11-17-20/h3-17H,1-2H3. The lowest BCUT2D eigenvalue weighted by atomic mass is 9.47. The normalized spacial score (nSPS) is 11.2. The first-order valence-corrected chi connectivity index (χ1v) is 8.06. The van der Waals surface area contributed by atoms with Crippen LogP contribution in [0.15, 0.2) is 91.0 Å². The van der Waals surface area contributed by atoms with Crippen molar-refractivity contribution in [1.29, 1.82) is 0 Å². The van der Waals surface area contributed by atoms with E-state index in [1.807, 2.05) is 18.2 Å². The van der Waals surface area contributed by atoms with Crippen molar-refractivity contribution in [2.75, 3.05) is 14.2 Å². The molecule has 3 aromatic carbocycles. The van der Waals surface area contributed by atoms with E-state index in [9.17, 15) is 0 Å². The van der Waals surface area contributed by atoms with Crippen LogP contribution < -0.4 is 0 Å². The van der Waals surface area contributed by atoms with Gasteiger partial charge in [0.15, 0.2) is 0 Å². The summed E-state index contributed by atoms with van der Waals surface area (Å²) in [5.41, 5.74) is 3.41. The van der Waals surface area contributed by atoms with Gasteiger partial charge in [-0.25, -0.2) is 0 Å². The maximum absolute atomic E-state index is 5.81. The molecule has 3 aromatic rings. The summed E-state index contributed by atoms with van der Waals surface area (Å²) >= 11 is 0. The molecule has 24 heavy (non-hydrogen) atoms. The molecule has 120 valence electrons. The number of rotatable bonds is 6. The maximum atomic E-state index is 5.81. The predicted octanol–water partition coefficient (Wildman–Crippen LogP) is 4.34. The molecule has 3 rings (SSSR count). The molecule has 0 aliphatic rings. The van der Waals surface area contributed by atoms with Crippen molar-refractivity contribution in [3.05, 3.63) is 108 Å². The summed E-state index contributed by atoms with van der Waals surface area (Å²) in [6.07, 6.45) is 0. The van der Waals surface area contributed by atoms with Gasteiger partial charge < -0.3 is 9.31 Å². The van der Waals surface area contributed by atoms with Crippen molar-refractivity contribution in [2.45, 2.75) is 5.31 Å². The highest BCUT2D eigenvalue weighted by Crippen LogP contribution is 2.41. The molecule has 0 spiro atoms. The molecule has 0 aliphatic heterocycles. The summed E-state index contributed by atoms with van der Waals surface area (Å²) in [7, 11) is 2.93. The van der Waals surface area contributed by atoms with Crippen LogP contribution in [-0.4, -0.2) is 21.3 Å². The van der Waals surface area contributed by atoms with Gasteiger partial charge in [-0.15, -0.1) is 0 Å². The maximum Gasteiger partial charge on any atom is 0.477 e. The highest BCUT2D eigenvalue weighted by molar-refractivity contribution is 6.51. The van der Waals surface area contributed by atoms with E-state index in [0.717, 1.165) is 16.7 Å². The summed E-state index contributed by atoms with van der Waals surface area (Å²) in [4.78, 5) is 0. The van der Waals surface area contributed by atoms with Crippen LogP contribution in [0.5, 0.6) is 0 Å². The fourth-order valence-electron chi connectivity index (χ4n) is 3.46. The van der Waals surface area contributed by atoms with Crippen molar-refractivity contribution in [1.82, 2.24) is 0 Å². The van der Waals surface area contributed by atoms with E-state index in [2.05, 4.69) is 72.8 Å². The van der Waals surface area contributed by atoms with Crippen molar-refractivity contribution in [2.24, 2.45) is 0 Å². The molecule has 0 aliphatic carbocycles. The Bertz CT molecular complexity index is 644. The average Bonchev–Trinajstić information content (AvgIpc) is 2.68. The van der Waals surface area contributed by atoms with Crippen LogP contribution in [0.4, 0.5) is 0 Å². The van der Waals surface area contributed by atoms with E-state index in [0.29, 0.717) is 0 Å². The van der Waals surface area contributed by atoms with Gasteiger partial charge in [-0.3, -0.25) is 0 Å². The highest BCUT2D eigenvalue weighted by Gasteiger charge is 2.49. The van der Waals surface area contributed by atoms with Gasteiger partial charge >= 0.3 is 7.12 Å². The molecule has 0 heterocycles. The van der Waals surface area contributed by atoms with Gasteiger partial charge in [0.25, 0.3) is 0 Å². The molecule has 0 bridgehead atoms. The van der Waals surface area contributed by atoms with Gasteiger partial charge in [0.05, 0.1) is 5.31 Å². The second-order valence-electron chi connectivity index (χ2n) is 5.71. The molecule has 0 radical (unpaired) electrons. The van der Waals surface area contributed by atoms with E-state index < -0.39 is 12.4 Å². The van der Waals surface area contributed by atoms with Crippen molar-refractivity contribution in [3.8, 4) is 0 Å². The fraction of sp³-hybridized carbons (Fsp3) is 0.143. The minimum absolute atomic E-state index is 0.454. The van der Waals surface area contributed by atoms with Crippen molar-refractivity contribution < 1.29 is 9.31 Å². The summed E-state index contributed by atoms with van der Waals surface area (Å²) in [6.45, 7) is 0. The zero-order valence-corrected chi connectivity index (χ0v) is 14.1. The second-order valence-corrected chi connectivity index (χ2v) is 5.71. The molecule has 0 aromatic heterocycles. The summed E-state index contributed by atoms with van der Waals surface area (Å²) in [6, 6.07) is 31.2. The van der Waals surface area contributed by atoms with E-state index in [1.54, 1.807) is 14.2 Å². The Morgan fingerprint density at radius 3 is 1.08 bits per heavy atom. The number of hydrogen-bond acceptors (Lipinski definition) is 2. The zero-order valence-electron chi connectivity index (χ0n) is 14.1. The first-order valence-electron chi connectivity index (χ1n) is 8.06. The zero-order chi connectivity index (χ0) is 16.8. The molecular weight excluding hydrogens is 295 g/mol. The van der Waals surface area contributed by atoms with Gasteiger partial charge in [0, 0.05) is 14.2 Å². The monoisotopic (exact) mass is 316 g/mol. The first kappa shape index (κ1) is 16.5. The first-order chi connectivity index (χ1) is 11.8. The lowest BCUT2D eigenvalue weighted by molar-refractivity contribution is 0.259. The lowest BCUT2D eigenvalue weighted by Crippen LogP contribution is -2.48. The topological polar surface area (TPSA) is 18.5 Å². The largest absolute Gasteiger partial charge is 0.477 e. The van der Waals surface area contributed by atoms with Crippen LogP contribution in [0.3, 0.4) is 0 Å². The molecule has 0 atom stereocenters. The van der Waals surface area contributed by atoms with Gasteiger partial charge in [0.2, 0.25) is 0 Å². The molecule has 3 heteroatoms. The molecule has 0 N–H and O–H groups in total. The molecular formula is C21H21BO2.